The van der Waals surface area contributed by atoms with Crippen LogP contribution in [0.1, 0.15) is 5.56 Å². The molecule has 3 aromatic carbocycles. The van der Waals surface area contributed by atoms with Crippen LogP contribution in [0.2, 0.25) is 0 Å². The molecule has 216 valence electrons. The Hall–Kier alpha value is -5.29. The van der Waals surface area contributed by atoms with Crippen molar-refractivity contribution >= 4 is 97.5 Å². The Kier molecular flexibility index (Phi) is 7.38. The highest BCUT2D eigenvalue weighted by Gasteiger charge is 2.22. The molecule has 0 aliphatic heterocycles. The van der Waals surface area contributed by atoms with Crippen LogP contribution in [0.5, 0.6) is 11.5 Å². The zero-order valence-corrected chi connectivity index (χ0v) is 26.8. The van der Waals surface area contributed by atoms with Crippen LogP contribution >= 0.6 is 45.7 Å². The largest absolute Gasteiger partial charge is 0.497 e. The van der Waals surface area contributed by atoms with Gasteiger partial charge in [-0.15, -0.1) is 34.0 Å². The lowest BCUT2D eigenvalue weighted by Crippen LogP contribution is -2.08. The van der Waals surface area contributed by atoms with E-state index in [1.54, 1.807) is 54.3 Å². The Balaban J connectivity index is 1.33. The summed E-state index contributed by atoms with van der Waals surface area (Å²) in [6.07, 6.45) is 0. The van der Waals surface area contributed by atoms with Crippen LogP contribution in [0, 0.1) is 34.0 Å². The molecule has 4 aromatic heterocycles. The molecule has 0 saturated heterocycles. The number of fused-ring (bicyclic) bond motifs is 4. The summed E-state index contributed by atoms with van der Waals surface area (Å²) in [4.78, 5) is 3.26. The molecule has 7 aromatic rings. The molecule has 0 aliphatic carbocycles. The molecule has 7 rings (SSSR count). The average Bonchev–Trinajstić information content (AvgIpc) is 3.87. The van der Waals surface area contributed by atoms with E-state index in [-0.39, 0.29) is 11.1 Å². The van der Waals surface area contributed by atoms with Crippen LogP contribution in [-0.4, -0.2) is 23.0 Å². The van der Waals surface area contributed by atoms with Gasteiger partial charge in [-0.25, -0.2) is 0 Å². The molecule has 0 atom stereocenters. The van der Waals surface area contributed by atoms with E-state index >= 15 is 0 Å². The first-order chi connectivity index (χ1) is 22.1. The SMILES string of the molecule is COc1ccc(N(c2ccc(OC)cc2)c2cc3sc4cc(-c5ccc(C(C#N)=C(C#N)C#N)c6nsnc56)sc4c3s2)cc1. The molecule has 8 nitrogen and oxygen atoms in total. The van der Waals surface area contributed by atoms with Gasteiger partial charge in [0, 0.05) is 36.8 Å². The van der Waals surface area contributed by atoms with Gasteiger partial charge in [0.05, 0.1) is 40.9 Å². The van der Waals surface area contributed by atoms with E-state index in [4.69, 9.17) is 9.47 Å². The number of methoxy groups -OCH3 is 2. The van der Waals surface area contributed by atoms with Gasteiger partial charge in [0.15, 0.2) is 0 Å². The third-order valence-electron chi connectivity index (χ3n) is 7.23. The summed E-state index contributed by atoms with van der Waals surface area (Å²) < 4.78 is 24.6. The lowest BCUT2D eigenvalue weighted by molar-refractivity contribution is 0.415. The van der Waals surface area contributed by atoms with Gasteiger partial charge in [-0.05, 0) is 60.7 Å². The highest BCUT2D eigenvalue weighted by molar-refractivity contribution is 7.40. The van der Waals surface area contributed by atoms with Gasteiger partial charge in [0.2, 0.25) is 0 Å². The van der Waals surface area contributed by atoms with E-state index in [1.807, 2.05) is 48.5 Å². The van der Waals surface area contributed by atoms with Crippen molar-refractivity contribution in [2.45, 2.75) is 0 Å². The number of ether oxygens (including phenoxy) is 2. The monoisotopic (exact) mass is 658 g/mol. The van der Waals surface area contributed by atoms with Crippen LogP contribution in [0.3, 0.4) is 0 Å². The molecule has 0 aliphatic rings. The number of thiophene rings is 3. The highest BCUT2D eigenvalue weighted by atomic mass is 32.1. The second-order valence-corrected chi connectivity index (χ2v) is 13.3. The number of hydrogen-bond acceptors (Lipinski definition) is 12. The van der Waals surface area contributed by atoms with Crippen LogP contribution in [-0.2, 0) is 0 Å². The van der Waals surface area contributed by atoms with Crippen molar-refractivity contribution in [2.24, 2.45) is 0 Å². The molecule has 0 unspecified atom stereocenters. The second-order valence-electron chi connectivity index (χ2n) is 9.62. The quantitative estimate of drug-likeness (QED) is 0.155. The number of allylic oxidation sites excluding steroid dienone is 2. The van der Waals surface area contributed by atoms with E-state index in [9.17, 15) is 15.8 Å². The number of hydrogen-bond donors (Lipinski definition) is 0. The lowest BCUT2D eigenvalue weighted by atomic mass is 9.98. The molecule has 12 heteroatoms. The van der Waals surface area contributed by atoms with Crippen molar-refractivity contribution < 1.29 is 9.47 Å². The summed E-state index contributed by atoms with van der Waals surface area (Å²) in [5.74, 6) is 1.59. The first-order valence-electron chi connectivity index (χ1n) is 13.3. The van der Waals surface area contributed by atoms with Gasteiger partial charge in [-0.1, -0.05) is 12.1 Å². The van der Waals surface area contributed by atoms with Crippen molar-refractivity contribution in [3.05, 3.63) is 83.9 Å². The summed E-state index contributed by atoms with van der Waals surface area (Å²) in [5, 5.41) is 29.6. The van der Waals surface area contributed by atoms with Gasteiger partial charge >= 0.3 is 0 Å². The Morgan fingerprint density at radius 2 is 1.29 bits per heavy atom. The molecule has 0 bridgehead atoms. The summed E-state index contributed by atoms with van der Waals surface area (Å²) in [5.41, 5.74) is 4.26. The summed E-state index contributed by atoms with van der Waals surface area (Å²) >= 11 is 6.21. The number of aromatic nitrogens is 2. The van der Waals surface area contributed by atoms with E-state index in [1.165, 1.54) is 18.8 Å². The molecule has 0 radical (unpaired) electrons. The molecule has 0 N–H and O–H groups in total. The molecule has 45 heavy (non-hydrogen) atoms. The fraction of sp³-hybridized carbons (Fsp3) is 0.0606. The predicted octanol–water partition coefficient (Wildman–Crippen LogP) is 9.66. The Labute approximate surface area is 273 Å². The number of rotatable bonds is 7. The highest BCUT2D eigenvalue weighted by Crippen LogP contribution is 2.51. The van der Waals surface area contributed by atoms with Crippen LogP contribution < -0.4 is 14.4 Å². The van der Waals surface area contributed by atoms with Gasteiger partial charge in [0.25, 0.3) is 0 Å². The fourth-order valence-corrected chi connectivity index (χ4v) is 9.75. The number of benzene rings is 3. The molecule has 0 saturated carbocycles. The standard InChI is InChI=1S/C33H18N6O2S4/c1-40-21-7-3-19(4-8-21)39(20-5-9-22(41-2)10-6-20)29-14-28-33(44-29)32-27(42-28)13-26(43-32)24-12-11-23(30-31(24)38-45-37-30)25(17-36)18(15-34)16-35/h3-14H,1-2H3. The van der Waals surface area contributed by atoms with Gasteiger partial charge in [-0.3, -0.25) is 0 Å². The summed E-state index contributed by atoms with van der Waals surface area (Å²) in [6.45, 7) is 0. The molecule has 0 fully saturated rings. The first-order valence-corrected chi connectivity index (χ1v) is 16.5. The molecular formula is C33H18N6O2S4. The number of nitriles is 3. The van der Waals surface area contributed by atoms with Crippen molar-refractivity contribution in [3.63, 3.8) is 0 Å². The average molecular weight is 659 g/mol. The van der Waals surface area contributed by atoms with E-state index in [0.717, 1.165) is 50.0 Å². The molecule has 0 amide bonds. The zero-order chi connectivity index (χ0) is 31.1. The van der Waals surface area contributed by atoms with Crippen molar-refractivity contribution in [2.75, 3.05) is 19.1 Å². The predicted molar refractivity (Wildman–Crippen MR) is 183 cm³/mol. The Bertz CT molecular complexity index is 2330. The van der Waals surface area contributed by atoms with Crippen molar-refractivity contribution in [1.29, 1.82) is 15.8 Å². The van der Waals surface area contributed by atoms with Crippen molar-refractivity contribution in [1.82, 2.24) is 8.75 Å². The smallest absolute Gasteiger partial charge is 0.148 e. The Morgan fingerprint density at radius 1 is 0.689 bits per heavy atom. The van der Waals surface area contributed by atoms with Crippen LogP contribution in [0.25, 0.3) is 45.8 Å². The lowest BCUT2D eigenvalue weighted by Gasteiger charge is -2.24. The van der Waals surface area contributed by atoms with Crippen molar-refractivity contribution in [3.8, 4) is 40.1 Å². The summed E-state index contributed by atoms with van der Waals surface area (Å²) in [6, 6.07) is 29.7. The van der Waals surface area contributed by atoms with Gasteiger partial charge in [0.1, 0.15) is 51.3 Å². The minimum Gasteiger partial charge on any atom is -0.497 e. The normalized spacial score (nSPS) is 10.8. The van der Waals surface area contributed by atoms with E-state index < -0.39 is 0 Å². The second kappa shape index (κ2) is 11.7. The Morgan fingerprint density at radius 3 is 1.89 bits per heavy atom. The molecular weight excluding hydrogens is 641 g/mol. The zero-order valence-electron chi connectivity index (χ0n) is 23.6. The maximum Gasteiger partial charge on any atom is 0.148 e. The van der Waals surface area contributed by atoms with E-state index in [2.05, 4.69) is 50.0 Å². The molecule has 0 spiro atoms. The number of anilines is 3. The maximum absolute atomic E-state index is 9.73. The van der Waals surface area contributed by atoms with Gasteiger partial charge in [-0.2, -0.15) is 24.5 Å². The number of nitrogens with zero attached hydrogens (tertiary/aromatic N) is 6. The summed E-state index contributed by atoms with van der Waals surface area (Å²) in [7, 11) is 3.32. The fourth-order valence-electron chi connectivity index (χ4n) is 5.09. The third-order valence-corrected chi connectivity index (χ3v) is 11.5. The minimum atomic E-state index is -0.245. The third kappa shape index (κ3) is 4.85. The van der Waals surface area contributed by atoms with Crippen LogP contribution in [0.4, 0.5) is 16.4 Å². The maximum atomic E-state index is 9.73. The molecule has 4 heterocycles. The first kappa shape index (κ1) is 28.5. The van der Waals surface area contributed by atoms with Gasteiger partial charge < -0.3 is 14.4 Å². The van der Waals surface area contributed by atoms with Crippen LogP contribution in [0.15, 0.2) is 78.4 Å². The minimum absolute atomic E-state index is 0.00232. The topological polar surface area (TPSA) is 119 Å². The van der Waals surface area contributed by atoms with E-state index in [0.29, 0.717) is 16.6 Å².